The van der Waals surface area contributed by atoms with Gasteiger partial charge in [-0.05, 0) is 55.0 Å². The second-order valence-electron chi connectivity index (χ2n) is 7.52. The van der Waals surface area contributed by atoms with Crippen LogP contribution in [0.5, 0.6) is 5.75 Å². The van der Waals surface area contributed by atoms with E-state index >= 15 is 0 Å². The Balaban J connectivity index is 1.70. The van der Waals surface area contributed by atoms with Gasteiger partial charge in [0.15, 0.2) is 5.13 Å². The summed E-state index contributed by atoms with van der Waals surface area (Å²) in [5.41, 5.74) is 1.62. The fourth-order valence-electron chi connectivity index (χ4n) is 3.94. The van der Waals surface area contributed by atoms with Crippen LogP contribution in [0.15, 0.2) is 72.6 Å². The molecule has 1 amide bonds. The van der Waals surface area contributed by atoms with Crippen LogP contribution in [0.2, 0.25) is 5.02 Å². The summed E-state index contributed by atoms with van der Waals surface area (Å²) in [7, 11) is 0. The van der Waals surface area contributed by atoms with Crippen molar-refractivity contribution in [1.29, 1.82) is 0 Å². The molecule has 4 aromatic rings. The van der Waals surface area contributed by atoms with Crippen LogP contribution in [-0.4, -0.2) is 33.4 Å². The lowest BCUT2D eigenvalue weighted by Gasteiger charge is -2.22. The number of aliphatic hydroxyl groups is 1. The predicted octanol–water partition coefficient (Wildman–Crippen LogP) is 5.37. The van der Waals surface area contributed by atoms with Gasteiger partial charge in [0.05, 0.1) is 28.4 Å². The highest BCUT2D eigenvalue weighted by atomic mass is 35.5. The zero-order chi connectivity index (χ0) is 23.8. The van der Waals surface area contributed by atoms with E-state index in [1.807, 2.05) is 6.92 Å². The normalized spacial score (nSPS) is 17.5. The summed E-state index contributed by atoms with van der Waals surface area (Å²) in [6, 6.07) is 14.5. The highest BCUT2D eigenvalue weighted by molar-refractivity contribution is 7.22. The van der Waals surface area contributed by atoms with Crippen molar-refractivity contribution in [1.82, 2.24) is 9.97 Å². The lowest BCUT2D eigenvalue weighted by Crippen LogP contribution is -2.29. The third-order valence-electron chi connectivity index (χ3n) is 5.43. The van der Waals surface area contributed by atoms with E-state index < -0.39 is 17.7 Å². The fraction of sp³-hybridized carbons (Fsp3) is 0.120. The van der Waals surface area contributed by atoms with E-state index in [4.69, 9.17) is 16.3 Å². The van der Waals surface area contributed by atoms with Crippen molar-refractivity contribution in [2.75, 3.05) is 11.5 Å². The molecule has 1 atom stereocenters. The summed E-state index contributed by atoms with van der Waals surface area (Å²) < 4.78 is 6.31. The van der Waals surface area contributed by atoms with Crippen molar-refractivity contribution in [3.8, 4) is 5.75 Å². The number of nitrogens with zero attached hydrogens (tertiary/aromatic N) is 3. The Bertz CT molecular complexity index is 1450. The number of Topliss-reactive ketones (excluding diaryl/α,β-unsaturated/α-hetero) is 1. The summed E-state index contributed by atoms with van der Waals surface area (Å²) in [4.78, 5) is 36.5. The van der Waals surface area contributed by atoms with E-state index in [2.05, 4.69) is 9.97 Å². The van der Waals surface area contributed by atoms with Crippen LogP contribution in [0, 0.1) is 0 Å². The first kappa shape index (κ1) is 22.1. The van der Waals surface area contributed by atoms with Gasteiger partial charge in [-0.15, -0.1) is 0 Å². The van der Waals surface area contributed by atoms with Crippen LogP contribution in [0.4, 0.5) is 5.13 Å². The Morgan fingerprint density at radius 3 is 2.71 bits per heavy atom. The van der Waals surface area contributed by atoms with Crippen LogP contribution in [0.25, 0.3) is 16.0 Å². The van der Waals surface area contributed by atoms with Gasteiger partial charge in [0, 0.05) is 23.0 Å². The van der Waals surface area contributed by atoms with E-state index in [1.165, 1.54) is 16.2 Å². The second-order valence-corrected chi connectivity index (χ2v) is 8.96. The molecule has 34 heavy (non-hydrogen) atoms. The molecule has 1 saturated heterocycles. The molecule has 3 heterocycles. The van der Waals surface area contributed by atoms with E-state index in [0.29, 0.717) is 39.2 Å². The third kappa shape index (κ3) is 3.81. The number of ether oxygens (including phenoxy) is 1. The van der Waals surface area contributed by atoms with E-state index in [-0.39, 0.29) is 11.3 Å². The van der Waals surface area contributed by atoms with Crippen molar-refractivity contribution in [3.63, 3.8) is 0 Å². The van der Waals surface area contributed by atoms with E-state index in [1.54, 1.807) is 67.0 Å². The molecular weight excluding hydrogens is 474 g/mol. The van der Waals surface area contributed by atoms with Crippen LogP contribution >= 0.6 is 22.9 Å². The number of fused-ring (bicyclic) bond motifs is 1. The number of thiazole rings is 1. The van der Waals surface area contributed by atoms with Crippen molar-refractivity contribution >= 4 is 55.7 Å². The van der Waals surface area contributed by atoms with Crippen molar-refractivity contribution < 1.29 is 19.4 Å². The summed E-state index contributed by atoms with van der Waals surface area (Å²) in [6.07, 6.45) is 3.15. The quantitative estimate of drug-likeness (QED) is 0.229. The highest BCUT2D eigenvalue weighted by Crippen LogP contribution is 2.44. The Hall–Kier alpha value is -3.75. The maximum Gasteiger partial charge on any atom is 0.301 e. The Kier molecular flexibility index (Phi) is 5.77. The van der Waals surface area contributed by atoms with Gasteiger partial charge in [-0.3, -0.25) is 19.5 Å². The summed E-state index contributed by atoms with van der Waals surface area (Å²) in [5, 5.41) is 12.1. The number of carbonyl (C=O) groups is 2. The summed E-state index contributed by atoms with van der Waals surface area (Å²) in [6.45, 7) is 2.31. The van der Waals surface area contributed by atoms with Crippen LogP contribution in [-0.2, 0) is 9.59 Å². The summed E-state index contributed by atoms with van der Waals surface area (Å²) >= 11 is 7.37. The number of carbonyl (C=O) groups excluding carboxylic acids is 2. The zero-order valence-electron chi connectivity index (χ0n) is 17.9. The number of aliphatic hydroxyl groups excluding tert-OH is 1. The largest absolute Gasteiger partial charge is 0.507 e. The molecule has 0 aliphatic carbocycles. The van der Waals surface area contributed by atoms with Gasteiger partial charge >= 0.3 is 5.91 Å². The second kappa shape index (κ2) is 8.89. The smallest absolute Gasteiger partial charge is 0.301 e. The Labute approximate surface area is 203 Å². The van der Waals surface area contributed by atoms with E-state index in [9.17, 15) is 14.7 Å². The lowest BCUT2D eigenvalue weighted by molar-refractivity contribution is -0.132. The maximum absolute atomic E-state index is 13.3. The number of ketones is 1. The number of rotatable bonds is 5. The monoisotopic (exact) mass is 491 g/mol. The molecule has 2 aromatic heterocycles. The molecule has 170 valence electrons. The van der Waals surface area contributed by atoms with Crippen molar-refractivity contribution in [2.45, 2.75) is 13.0 Å². The average molecular weight is 492 g/mol. The molecule has 1 aliphatic heterocycles. The number of pyridine rings is 1. The minimum absolute atomic E-state index is 0.0258. The number of amides is 1. The van der Waals surface area contributed by atoms with Gasteiger partial charge in [-0.1, -0.05) is 35.1 Å². The molecule has 1 N–H and O–H groups in total. The average Bonchev–Trinajstić information content (AvgIpc) is 3.37. The minimum Gasteiger partial charge on any atom is -0.507 e. The van der Waals surface area contributed by atoms with E-state index in [0.717, 1.165) is 4.70 Å². The topological polar surface area (TPSA) is 92.6 Å². The highest BCUT2D eigenvalue weighted by Gasteiger charge is 2.48. The van der Waals surface area contributed by atoms with Gasteiger partial charge in [0.2, 0.25) is 0 Å². The number of anilines is 1. The zero-order valence-corrected chi connectivity index (χ0v) is 19.5. The van der Waals surface area contributed by atoms with Crippen LogP contribution < -0.4 is 9.64 Å². The molecule has 0 bridgehead atoms. The molecule has 9 heteroatoms. The maximum atomic E-state index is 13.3. The number of halogens is 1. The van der Waals surface area contributed by atoms with Crippen LogP contribution in [0.1, 0.15) is 24.1 Å². The van der Waals surface area contributed by atoms with Crippen molar-refractivity contribution in [2.24, 2.45) is 0 Å². The molecule has 1 unspecified atom stereocenters. The molecular formula is C25H18ClN3O4S. The summed E-state index contributed by atoms with van der Waals surface area (Å²) in [5.74, 6) is -1.30. The van der Waals surface area contributed by atoms with Crippen LogP contribution in [0.3, 0.4) is 0 Å². The molecule has 1 aliphatic rings. The molecule has 2 aromatic carbocycles. The fourth-order valence-corrected chi connectivity index (χ4v) is 5.20. The Morgan fingerprint density at radius 1 is 1.15 bits per heavy atom. The molecule has 7 nitrogen and oxygen atoms in total. The van der Waals surface area contributed by atoms with Crippen molar-refractivity contribution in [3.05, 3.63) is 88.7 Å². The first-order chi connectivity index (χ1) is 16.5. The van der Waals surface area contributed by atoms with Gasteiger partial charge in [0.25, 0.3) is 5.78 Å². The first-order valence-electron chi connectivity index (χ1n) is 10.5. The van der Waals surface area contributed by atoms with Gasteiger partial charge in [-0.25, -0.2) is 4.98 Å². The Morgan fingerprint density at radius 2 is 1.94 bits per heavy atom. The standard InChI is InChI=1S/C25H18ClN3O4S/c1-2-33-17-5-3-4-15(12-17)22(30)20-21(14-8-10-27-11-9-14)29(24(32)23(20)31)25-28-18-7-6-16(26)13-19(18)34-25/h3-13,21,30H,2H2,1H3. The number of hydrogen-bond acceptors (Lipinski definition) is 7. The predicted molar refractivity (Wildman–Crippen MR) is 131 cm³/mol. The number of benzene rings is 2. The SMILES string of the molecule is CCOc1cccc(C(O)=C2C(=O)C(=O)N(c3nc4ccc(Cl)cc4s3)C2c2ccncc2)c1. The van der Waals surface area contributed by atoms with Gasteiger partial charge in [-0.2, -0.15) is 0 Å². The first-order valence-corrected chi connectivity index (χ1v) is 11.7. The van der Waals surface area contributed by atoms with Gasteiger partial charge < -0.3 is 9.84 Å². The molecule has 1 fully saturated rings. The molecule has 0 spiro atoms. The molecule has 5 rings (SSSR count). The molecule has 0 saturated carbocycles. The molecule has 0 radical (unpaired) electrons. The number of aromatic nitrogens is 2. The lowest BCUT2D eigenvalue weighted by atomic mass is 9.96. The number of hydrogen-bond donors (Lipinski definition) is 1. The third-order valence-corrected chi connectivity index (χ3v) is 6.68. The minimum atomic E-state index is -0.880. The van der Waals surface area contributed by atoms with Gasteiger partial charge in [0.1, 0.15) is 11.5 Å².